The van der Waals surface area contributed by atoms with Crippen molar-refractivity contribution in [3.63, 3.8) is 0 Å². The zero-order valence-corrected chi connectivity index (χ0v) is 10.1. The lowest BCUT2D eigenvalue weighted by Crippen LogP contribution is -2.36. The van der Waals surface area contributed by atoms with Crippen LogP contribution >= 0.6 is 0 Å². The van der Waals surface area contributed by atoms with Crippen molar-refractivity contribution in [1.29, 1.82) is 0 Å². The van der Waals surface area contributed by atoms with Crippen molar-refractivity contribution >= 4 is 17.4 Å². The fraction of sp³-hybridized carbons (Fsp3) is 0.385. The third-order valence-corrected chi connectivity index (χ3v) is 2.93. The molecule has 0 radical (unpaired) electrons. The maximum absolute atomic E-state index is 11.9. The number of anilines is 1. The number of carbonyl (C=O) groups excluding carboxylic acids is 2. The summed E-state index contributed by atoms with van der Waals surface area (Å²) in [7, 11) is 1.88. The molecule has 1 aromatic carbocycles. The Kier molecular flexibility index (Phi) is 3.24. The van der Waals surface area contributed by atoms with Crippen molar-refractivity contribution in [3.8, 4) is 0 Å². The molecule has 0 aromatic heterocycles. The Morgan fingerprint density at radius 1 is 1.29 bits per heavy atom. The summed E-state index contributed by atoms with van der Waals surface area (Å²) in [4.78, 5) is 25.2. The van der Waals surface area contributed by atoms with Gasteiger partial charge in [0.2, 0.25) is 0 Å². The van der Waals surface area contributed by atoms with Crippen LogP contribution < -0.4 is 10.2 Å². The molecule has 0 bridgehead atoms. The third-order valence-electron chi connectivity index (χ3n) is 2.93. The number of fused-ring (bicyclic) bond motifs is 1. The van der Waals surface area contributed by atoms with E-state index >= 15 is 0 Å². The van der Waals surface area contributed by atoms with Gasteiger partial charge in [-0.1, -0.05) is 19.1 Å². The standard InChI is InChI=1S/C13H16N2O2/c1-9(7-14-2)8-15-11-6-4-3-5-10(11)12(16)13(15)17/h3-6,9,14H,7-8H2,1-2H3. The summed E-state index contributed by atoms with van der Waals surface area (Å²) >= 11 is 0. The molecule has 0 fully saturated rings. The molecule has 1 unspecified atom stereocenters. The largest absolute Gasteiger partial charge is 0.319 e. The van der Waals surface area contributed by atoms with Gasteiger partial charge in [0, 0.05) is 6.54 Å². The fourth-order valence-electron chi connectivity index (χ4n) is 2.15. The average Bonchev–Trinajstić information content (AvgIpc) is 2.56. The number of benzene rings is 1. The smallest absolute Gasteiger partial charge is 0.299 e. The molecule has 0 aliphatic carbocycles. The van der Waals surface area contributed by atoms with E-state index in [1.54, 1.807) is 17.0 Å². The average molecular weight is 232 g/mol. The number of nitrogens with one attached hydrogen (secondary N) is 1. The quantitative estimate of drug-likeness (QED) is 0.790. The molecule has 1 aliphatic heterocycles. The molecule has 1 N–H and O–H groups in total. The van der Waals surface area contributed by atoms with Crippen molar-refractivity contribution in [2.24, 2.45) is 5.92 Å². The van der Waals surface area contributed by atoms with Gasteiger partial charge in [-0.2, -0.15) is 0 Å². The zero-order valence-electron chi connectivity index (χ0n) is 10.1. The van der Waals surface area contributed by atoms with Gasteiger partial charge in [-0.3, -0.25) is 9.59 Å². The molecule has 0 saturated carbocycles. The topological polar surface area (TPSA) is 49.4 Å². The molecule has 4 heteroatoms. The number of hydrogen-bond acceptors (Lipinski definition) is 3. The van der Waals surface area contributed by atoms with Gasteiger partial charge in [0.15, 0.2) is 0 Å². The Hall–Kier alpha value is -1.68. The van der Waals surface area contributed by atoms with Crippen LogP contribution in [0.15, 0.2) is 24.3 Å². The number of nitrogens with zero attached hydrogens (tertiary/aromatic N) is 1. The van der Waals surface area contributed by atoms with E-state index in [2.05, 4.69) is 12.2 Å². The van der Waals surface area contributed by atoms with Gasteiger partial charge in [0.25, 0.3) is 11.7 Å². The first kappa shape index (κ1) is 11.8. The van der Waals surface area contributed by atoms with Gasteiger partial charge in [-0.05, 0) is 31.6 Å². The summed E-state index contributed by atoms with van der Waals surface area (Å²) in [6.07, 6.45) is 0. The molecular weight excluding hydrogens is 216 g/mol. The third kappa shape index (κ3) is 2.08. The Labute approximate surface area is 101 Å². The van der Waals surface area contributed by atoms with Gasteiger partial charge in [0.05, 0.1) is 11.3 Å². The van der Waals surface area contributed by atoms with Crippen LogP contribution in [0.25, 0.3) is 0 Å². The number of Topliss-reactive ketones (excluding diaryl/α,β-unsaturated/α-hetero) is 1. The Morgan fingerprint density at radius 3 is 2.71 bits per heavy atom. The van der Waals surface area contributed by atoms with Crippen molar-refractivity contribution in [1.82, 2.24) is 5.32 Å². The van der Waals surface area contributed by atoms with Crippen LogP contribution in [0.4, 0.5) is 5.69 Å². The lowest BCUT2D eigenvalue weighted by atomic mass is 10.1. The highest BCUT2D eigenvalue weighted by Crippen LogP contribution is 2.28. The maximum atomic E-state index is 11.9. The molecule has 1 atom stereocenters. The molecule has 1 aromatic rings. The second kappa shape index (κ2) is 4.67. The summed E-state index contributed by atoms with van der Waals surface area (Å²) in [5.41, 5.74) is 1.26. The monoisotopic (exact) mass is 232 g/mol. The van der Waals surface area contributed by atoms with E-state index in [9.17, 15) is 9.59 Å². The van der Waals surface area contributed by atoms with Crippen LogP contribution in [-0.4, -0.2) is 31.8 Å². The minimum atomic E-state index is -0.408. The van der Waals surface area contributed by atoms with Crippen LogP contribution in [0.5, 0.6) is 0 Å². The molecule has 1 aliphatic rings. The summed E-state index contributed by atoms with van der Waals surface area (Å²) in [6.45, 7) is 3.44. The predicted molar refractivity (Wildman–Crippen MR) is 66.2 cm³/mol. The van der Waals surface area contributed by atoms with Crippen molar-refractivity contribution in [2.75, 3.05) is 25.0 Å². The Morgan fingerprint density at radius 2 is 2.00 bits per heavy atom. The Bertz CT molecular complexity index is 456. The number of para-hydroxylation sites is 1. The highest BCUT2D eigenvalue weighted by atomic mass is 16.2. The second-order valence-electron chi connectivity index (χ2n) is 4.42. The summed E-state index contributed by atoms with van der Waals surface area (Å²) in [5.74, 6) is -0.491. The van der Waals surface area contributed by atoms with Gasteiger partial charge >= 0.3 is 0 Å². The van der Waals surface area contributed by atoms with Crippen LogP contribution in [-0.2, 0) is 4.79 Å². The van der Waals surface area contributed by atoms with Gasteiger partial charge in [0.1, 0.15) is 0 Å². The van der Waals surface area contributed by atoms with E-state index in [1.807, 2.05) is 19.2 Å². The van der Waals surface area contributed by atoms with Crippen molar-refractivity contribution in [2.45, 2.75) is 6.92 Å². The zero-order chi connectivity index (χ0) is 12.4. The van der Waals surface area contributed by atoms with Gasteiger partial charge in [-0.15, -0.1) is 0 Å². The van der Waals surface area contributed by atoms with E-state index in [0.29, 0.717) is 18.0 Å². The highest BCUT2D eigenvalue weighted by Gasteiger charge is 2.35. The van der Waals surface area contributed by atoms with Crippen LogP contribution in [0.1, 0.15) is 17.3 Å². The number of amides is 1. The first-order chi connectivity index (χ1) is 8.15. The fourth-order valence-corrected chi connectivity index (χ4v) is 2.15. The molecule has 0 saturated heterocycles. The first-order valence-electron chi connectivity index (χ1n) is 5.75. The molecule has 90 valence electrons. The minimum absolute atomic E-state index is 0.308. The molecule has 17 heavy (non-hydrogen) atoms. The Balaban J connectivity index is 2.24. The van der Waals surface area contributed by atoms with Crippen molar-refractivity contribution in [3.05, 3.63) is 29.8 Å². The maximum Gasteiger partial charge on any atom is 0.299 e. The van der Waals surface area contributed by atoms with Crippen LogP contribution in [0, 0.1) is 5.92 Å². The molecule has 4 nitrogen and oxygen atoms in total. The van der Waals surface area contributed by atoms with Crippen LogP contribution in [0.3, 0.4) is 0 Å². The number of carbonyl (C=O) groups is 2. The SMILES string of the molecule is CNCC(C)CN1C(=O)C(=O)c2ccccc21. The second-order valence-corrected chi connectivity index (χ2v) is 4.42. The van der Waals surface area contributed by atoms with E-state index in [-0.39, 0.29) is 0 Å². The first-order valence-corrected chi connectivity index (χ1v) is 5.75. The molecule has 1 amide bonds. The van der Waals surface area contributed by atoms with Gasteiger partial charge in [-0.25, -0.2) is 0 Å². The molecule has 2 rings (SSSR count). The van der Waals surface area contributed by atoms with Crippen molar-refractivity contribution < 1.29 is 9.59 Å². The number of rotatable bonds is 4. The highest BCUT2D eigenvalue weighted by molar-refractivity contribution is 6.52. The lowest BCUT2D eigenvalue weighted by molar-refractivity contribution is -0.114. The molecular formula is C13H16N2O2. The van der Waals surface area contributed by atoms with E-state index in [1.165, 1.54) is 0 Å². The molecule has 0 spiro atoms. The predicted octanol–water partition coefficient (Wildman–Crippen LogP) is 1.07. The van der Waals surface area contributed by atoms with Gasteiger partial charge < -0.3 is 10.2 Å². The van der Waals surface area contributed by atoms with E-state index in [4.69, 9.17) is 0 Å². The molecule has 1 heterocycles. The van der Waals surface area contributed by atoms with E-state index in [0.717, 1.165) is 12.2 Å². The van der Waals surface area contributed by atoms with Crippen LogP contribution in [0.2, 0.25) is 0 Å². The van der Waals surface area contributed by atoms with E-state index < -0.39 is 11.7 Å². The normalized spacial score (nSPS) is 16.2. The number of ketones is 1. The number of hydrogen-bond donors (Lipinski definition) is 1. The lowest BCUT2D eigenvalue weighted by Gasteiger charge is -2.20. The summed E-state index contributed by atoms with van der Waals surface area (Å²) in [6, 6.07) is 7.16. The summed E-state index contributed by atoms with van der Waals surface area (Å²) in [5, 5.41) is 3.07. The summed E-state index contributed by atoms with van der Waals surface area (Å²) < 4.78 is 0. The minimum Gasteiger partial charge on any atom is -0.319 e.